The van der Waals surface area contributed by atoms with Crippen molar-refractivity contribution >= 4 is 18.0 Å². The lowest BCUT2D eigenvalue weighted by atomic mass is 10.0. The van der Waals surface area contributed by atoms with Crippen LogP contribution in [0, 0.1) is 0 Å². The molecule has 0 N–H and O–H groups in total. The number of halogens is 1. The topological polar surface area (TPSA) is 3.24 Å². The highest BCUT2D eigenvalue weighted by Crippen LogP contribution is 2.18. The molecule has 1 nitrogen and oxygen atoms in total. The van der Waals surface area contributed by atoms with E-state index >= 15 is 0 Å². The summed E-state index contributed by atoms with van der Waals surface area (Å²) in [7, 11) is 0. The zero-order valence-corrected chi connectivity index (χ0v) is 9.70. The average molecular weight is 222 g/mol. The van der Waals surface area contributed by atoms with Gasteiger partial charge in [0, 0.05) is 13.1 Å². The van der Waals surface area contributed by atoms with Gasteiger partial charge in [0.05, 0.1) is 0 Å². The molecule has 0 radical (unpaired) electrons. The summed E-state index contributed by atoms with van der Waals surface area (Å²) < 4.78 is 0. The van der Waals surface area contributed by atoms with Gasteiger partial charge in [-0.25, -0.2) is 0 Å². The number of benzene rings is 1. The van der Waals surface area contributed by atoms with Gasteiger partial charge in [0.25, 0.3) is 0 Å². The Morgan fingerprint density at radius 3 is 2.47 bits per heavy atom. The lowest BCUT2D eigenvalue weighted by Gasteiger charge is -2.20. The molecule has 1 aliphatic rings. The Morgan fingerprint density at radius 2 is 1.93 bits per heavy atom. The molecule has 0 fully saturated rings. The molecule has 0 bridgehead atoms. The standard InChI is InChI=1S/C13H15N.ClH/c1-2-14-10-8-13(9-11-14)12-6-4-3-5-7-12;/h3-10H,2,11H2,1H3;1H. The summed E-state index contributed by atoms with van der Waals surface area (Å²) in [6.07, 6.45) is 6.63. The van der Waals surface area contributed by atoms with Crippen LogP contribution >= 0.6 is 12.4 Å². The molecule has 0 saturated carbocycles. The maximum absolute atomic E-state index is 2.28. The molecule has 0 saturated heterocycles. The van der Waals surface area contributed by atoms with Crippen LogP contribution in [0.4, 0.5) is 0 Å². The number of rotatable bonds is 2. The minimum absolute atomic E-state index is 0. The minimum atomic E-state index is 0. The lowest BCUT2D eigenvalue weighted by molar-refractivity contribution is 0.437. The van der Waals surface area contributed by atoms with E-state index in [1.807, 2.05) is 0 Å². The number of hydrogen-bond donors (Lipinski definition) is 0. The van der Waals surface area contributed by atoms with Gasteiger partial charge in [-0.3, -0.25) is 0 Å². The Kier molecular flexibility index (Phi) is 4.44. The van der Waals surface area contributed by atoms with E-state index in [2.05, 4.69) is 60.5 Å². The fourth-order valence-electron chi connectivity index (χ4n) is 1.61. The summed E-state index contributed by atoms with van der Waals surface area (Å²) in [6, 6.07) is 10.5. The predicted octanol–water partition coefficient (Wildman–Crippen LogP) is 3.34. The summed E-state index contributed by atoms with van der Waals surface area (Å²) in [6.45, 7) is 4.28. The van der Waals surface area contributed by atoms with Gasteiger partial charge in [-0.05, 0) is 30.3 Å². The first-order chi connectivity index (χ1) is 6.90. The zero-order chi connectivity index (χ0) is 9.80. The molecule has 0 unspecified atom stereocenters. The van der Waals surface area contributed by atoms with Crippen LogP contribution in [-0.4, -0.2) is 18.0 Å². The molecule has 1 heterocycles. The molecule has 0 amide bonds. The summed E-state index contributed by atoms with van der Waals surface area (Å²) in [4.78, 5) is 2.28. The molecule has 15 heavy (non-hydrogen) atoms. The van der Waals surface area contributed by atoms with E-state index in [0.717, 1.165) is 13.1 Å². The first-order valence-corrected chi connectivity index (χ1v) is 5.08. The van der Waals surface area contributed by atoms with Crippen molar-refractivity contribution in [1.29, 1.82) is 0 Å². The first-order valence-electron chi connectivity index (χ1n) is 5.08. The minimum Gasteiger partial charge on any atom is -0.374 e. The maximum Gasteiger partial charge on any atom is 0.0362 e. The predicted molar refractivity (Wildman–Crippen MR) is 68.1 cm³/mol. The molecular formula is C13H16ClN. The van der Waals surface area contributed by atoms with Gasteiger partial charge in [-0.15, -0.1) is 12.4 Å². The third kappa shape index (κ3) is 2.87. The van der Waals surface area contributed by atoms with Crippen LogP contribution in [0.25, 0.3) is 5.57 Å². The number of hydrogen-bond acceptors (Lipinski definition) is 1. The monoisotopic (exact) mass is 221 g/mol. The van der Waals surface area contributed by atoms with Gasteiger partial charge >= 0.3 is 0 Å². The molecule has 1 aromatic carbocycles. The smallest absolute Gasteiger partial charge is 0.0362 e. The van der Waals surface area contributed by atoms with Gasteiger partial charge in [0.2, 0.25) is 0 Å². The van der Waals surface area contributed by atoms with Crippen LogP contribution in [0.1, 0.15) is 12.5 Å². The van der Waals surface area contributed by atoms with Crippen LogP contribution in [0.15, 0.2) is 48.7 Å². The van der Waals surface area contributed by atoms with Crippen LogP contribution in [0.2, 0.25) is 0 Å². The van der Waals surface area contributed by atoms with Crippen molar-refractivity contribution in [2.24, 2.45) is 0 Å². The van der Waals surface area contributed by atoms with Gasteiger partial charge in [-0.2, -0.15) is 0 Å². The summed E-state index contributed by atoms with van der Waals surface area (Å²) >= 11 is 0. The Bertz CT molecular complexity index is 354. The quantitative estimate of drug-likeness (QED) is 0.741. The highest BCUT2D eigenvalue weighted by atomic mass is 35.5. The fourth-order valence-corrected chi connectivity index (χ4v) is 1.61. The Balaban J connectivity index is 0.00000112. The SMILES string of the molecule is CCN1C=CC(c2ccccc2)=CC1.Cl. The number of nitrogens with zero attached hydrogens (tertiary/aromatic N) is 1. The van der Waals surface area contributed by atoms with Crippen LogP contribution < -0.4 is 0 Å². The molecule has 0 spiro atoms. The molecule has 1 aliphatic heterocycles. The van der Waals surface area contributed by atoms with Gasteiger partial charge < -0.3 is 4.90 Å². The fraction of sp³-hybridized carbons (Fsp3) is 0.231. The Hall–Kier alpha value is -1.21. The lowest BCUT2D eigenvalue weighted by Crippen LogP contribution is -2.18. The van der Waals surface area contributed by atoms with Crippen LogP contribution in [0.3, 0.4) is 0 Å². The van der Waals surface area contributed by atoms with E-state index in [0.29, 0.717) is 0 Å². The van der Waals surface area contributed by atoms with E-state index in [9.17, 15) is 0 Å². The van der Waals surface area contributed by atoms with E-state index in [1.165, 1.54) is 11.1 Å². The van der Waals surface area contributed by atoms with Crippen molar-refractivity contribution in [2.45, 2.75) is 6.92 Å². The van der Waals surface area contributed by atoms with Crippen LogP contribution in [0.5, 0.6) is 0 Å². The third-order valence-electron chi connectivity index (χ3n) is 2.52. The second kappa shape index (κ2) is 5.62. The van der Waals surface area contributed by atoms with Crippen molar-refractivity contribution in [3.8, 4) is 0 Å². The molecule has 2 heteroatoms. The van der Waals surface area contributed by atoms with Crippen molar-refractivity contribution in [3.63, 3.8) is 0 Å². The summed E-state index contributed by atoms with van der Waals surface area (Å²) in [5.41, 5.74) is 2.63. The highest BCUT2D eigenvalue weighted by molar-refractivity contribution is 5.85. The molecule has 0 aliphatic carbocycles. The Morgan fingerprint density at radius 1 is 1.20 bits per heavy atom. The van der Waals surface area contributed by atoms with Gasteiger partial charge in [0.15, 0.2) is 0 Å². The van der Waals surface area contributed by atoms with Gasteiger partial charge in [-0.1, -0.05) is 36.4 Å². The zero-order valence-electron chi connectivity index (χ0n) is 8.89. The Labute approximate surface area is 97.5 Å². The van der Waals surface area contributed by atoms with Crippen molar-refractivity contribution in [1.82, 2.24) is 4.90 Å². The second-order valence-electron chi connectivity index (χ2n) is 3.43. The molecule has 0 atom stereocenters. The average Bonchev–Trinajstić information content (AvgIpc) is 2.30. The van der Waals surface area contributed by atoms with E-state index in [4.69, 9.17) is 0 Å². The molecule has 80 valence electrons. The number of likely N-dealkylation sites (N-methyl/N-ethyl adjacent to an activating group) is 1. The largest absolute Gasteiger partial charge is 0.374 e. The summed E-state index contributed by atoms with van der Waals surface area (Å²) in [5.74, 6) is 0. The number of allylic oxidation sites excluding steroid dienone is 2. The highest BCUT2D eigenvalue weighted by Gasteiger charge is 2.03. The molecule has 1 aromatic rings. The molecule has 0 aromatic heterocycles. The van der Waals surface area contributed by atoms with E-state index in [1.54, 1.807) is 0 Å². The van der Waals surface area contributed by atoms with E-state index in [-0.39, 0.29) is 12.4 Å². The van der Waals surface area contributed by atoms with E-state index < -0.39 is 0 Å². The normalized spacial score (nSPS) is 14.5. The van der Waals surface area contributed by atoms with Gasteiger partial charge in [0.1, 0.15) is 0 Å². The first kappa shape index (κ1) is 11.9. The van der Waals surface area contributed by atoms with Crippen LogP contribution in [-0.2, 0) is 0 Å². The maximum atomic E-state index is 2.28. The summed E-state index contributed by atoms with van der Waals surface area (Å²) in [5, 5.41) is 0. The second-order valence-corrected chi connectivity index (χ2v) is 3.43. The van der Waals surface area contributed by atoms with Crippen molar-refractivity contribution < 1.29 is 0 Å². The molecule has 2 rings (SSSR count). The third-order valence-corrected chi connectivity index (χ3v) is 2.52. The van der Waals surface area contributed by atoms with Crippen molar-refractivity contribution in [2.75, 3.05) is 13.1 Å². The van der Waals surface area contributed by atoms with Crippen molar-refractivity contribution in [3.05, 3.63) is 54.2 Å². The molecular weight excluding hydrogens is 206 g/mol.